The van der Waals surface area contributed by atoms with E-state index >= 15 is 0 Å². The van der Waals surface area contributed by atoms with Crippen molar-refractivity contribution in [2.75, 3.05) is 13.1 Å². The van der Waals surface area contributed by atoms with Gasteiger partial charge in [0.2, 0.25) is 5.91 Å². The Morgan fingerprint density at radius 3 is 2.75 bits per heavy atom. The van der Waals surface area contributed by atoms with Gasteiger partial charge >= 0.3 is 0 Å². The lowest BCUT2D eigenvalue weighted by molar-refractivity contribution is -0.121. The number of likely N-dealkylation sites (tertiary alicyclic amines) is 1. The summed E-state index contributed by atoms with van der Waals surface area (Å²) < 4.78 is 5.88. The van der Waals surface area contributed by atoms with Gasteiger partial charge in [-0.3, -0.25) is 9.69 Å². The van der Waals surface area contributed by atoms with Crippen molar-refractivity contribution < 1.29 is 14.3 Å². The zero-order chi connectivity index (χ0) is 19.5. The van der Waals surface area contributed by atoms with Crippen LogP contribution in [-0.2, 0) is 17.8 Å². The summed E-state index contributed by atoms with van der Waals surface area (Å²) in [4.78, 5) is 14.6. The van der Waals surface area contributed by atoms with E-state index in [9.17, 15) is 9.90 Å². The summed E-state index contributed by atoms with van der Waals surface area (Å²) in [7, 11) is 0. The third-order valence-corrected chi connectivity index (χ3v) is 6.02. The minimum absolute atomic E-state index is 0.0405. The number of amides is 1. The highest BCUT2D eigenvalue weighted by molar-refractivity contribution is 5.76. The van der Waals surface area contributed by atoms with E-state index in [0.717, 1.165) is 24.0 Å². The number of aliphatic hydroxyl groups excluding tert-OH is 1. The van der Waals surface area contributed by atoms with Crippen molar-refractivity contribution in [2.45, 2.75) is 57.2 Å². The lowest BCUT2D eigenvalue weighted by Crippen LogP contribution is -2.39. The molecular weight excluding hydrogens is 352 g/mol. The number of carbonyl (C=O) groups excluding carboxylic acids is 1. The van der Waals surface area contributed by atoms with Crippen LogP contribution in [0.15, 0.2) is 46.9 Å². The van der Waals surface area contributed by atoms with Crippen LogP contribution in [0.4, 0.5) is 0 Å². The largest absolute Gasteiger partial charge is 0.466 e. The third-order valence-electron chi connectivity index (χ3n) is 6.02. The fraction of sp³-hybridized carbons (Fsp3) is 0.522. The monoisotopic (exact) mass is 382 g/mol. The number of aryl methyl sites for hydroxylation is 1. The Balaban J connectivity index is 1.22. The zero-order valence-corrected chi connectivity index (χ0v) is 16.5. The highest BCUT2D eigenvalue weighted by Gasteiger charge is 2.36. The van der Waals surface area contributed by atoms with Gasteiger partial charge in [0.25, 0.3) is 0 Å². The van der Waals surface area contributed by atoms with Gasteiger partial charge < -0.3 is 14.8 Å². The Kier molecular flexibility index (Phi) is 5.83. The molecule has 1 aromatic carbocycles. The Morgan fingerprint density at radius 2 is 2.00 bits per heavy atom. The van der Waals surface area contributed by atoms with Crippen LogP contribution in [0.5, 0.6) is 0 Å². The SMILES string of the molecule is C[C@@H]1C[C@@H]1c1ccc(CCC(=O)NC[C@H]2C[C@H](O)CN2Cc2ccccc2)o1. The second-order valence-corrected chi connectivity index (χ2v) is 8.39. The molecule has 1 aliphatic heterocycles. The zero-order valence-electron chi connectivity index (χ0n) is 16.5. The number of benzene rings is 1. The molecule has 0 spiro atoms. The van der Waals surface area contributed by atoms with Crippen molar-refractivity contribution in [3.8, 4) is 0 Å². The molecule has 4 rings (SSSR count). The summed E-state index contributed by atoms with van der Waals surface area (Å²) in [5.41, 5.74) is 1.23. The summed E-state index contributed by atoms with van der Waals surface area (Å²) in [5.74, 6) is 3.30. The molecule has 2 N–H and O–H groups in total. The average molecular weight is 383 g/mol. The van der Waals surface area contributed by atoms with E-state index in [2.05, 4.69) is 35.3 Å². The van der Waals surface area contributed by atoms with Crippen LogP contribution in [-0.4, -0.2) is 41.1 Å². The molecule has 2 heterocycles. The highest BCUT2D eigenvalue weighted by atomic mass is 16.3. The van der Waals surface area contributed by atoms with Crippen molar-refractivity contribution in [1.82, 2.24) is 10.2 Å². The maximum absolute atomic E-state index is 12.3. The lowest BCUT2D eigenvalue weighted by atomic mass is 10.1. The van der Waals surface area contributed by atoms with Crippen LogP contribution in [0, 0.1) is 5.92 Å². The maximum atomic E-state index is 12.3. The normalized spacial score (nSPS) is 27.1. The van der Waals surface area contributed by atoms with Crippen molar-refractivity contribution in [2.24, 2.45) is 5.92 Å². The second kappa shape index (κ2) is 8.50. The summed E-state index contributed by atoms with van der Waals surface area (Å²) in [5, 5.41) is 13.1. The van der Waals surface area contributed by atoms with Crippen molar-refractivity contribution >= 4 is 5.91 Å². The molecule has 2 fully saturated rings. The Morgan fingerprint density at radius 1 is 1.21 bits per heavy atom. The molecule has 0 unspecified atom stereocenters. The van der Waals surface area contributed by atoms with Crippen LogP contribution in [0.25, 0.3) is 0 Å². The van der Waals surface area contributed by atoms with Crippen LogP contribution >= 0.6 is 0 Å². The first kappa shape index (κ1) is 19.2. The van der Waals surface area contributed by atoms with Crippen LogP contribution in [0.2, 0.25) is 0 Å². The fourth-order valence-corrected chi connectivity index (χ4v) is 4.18. The minimum Gasteiger partial charge on any atom is -0.466 e. The number of hydrogen-bond donors (Lipinski definition) is 2. The smallest absolute Gasteiger partial charge is 0.220 e. The van der Waals surface area contributed by atoms with E-state index in [1.165, 1.54) is 12.0 Å². The molecule has 1 saturated carbocycles. The minimum atomic E-state index is -0.322. The predicted octanol–water partition coefficient (Wildman–Crippen LogP) is 3.09. The number of carbonyl (C=O) groups is 1. The fourth-order valence-electron chi connectivity index (χ4n) is 4.18. The molecule has 5 nitrogen and oxygen atoms in total. The molecule has 28 heavy (non-hydrogen) atoms. The molecular formula is C23H30N2O3. The number of nitrogens with zero attached hydrogens (tertiary/aromatic N) is 1. The molecule has 1 aliphatic carbocycles. The molecule has 1 saturated heterocycles. The number of furan rings is 1. The average Bonchev–Trinajstić information content (AvgIpc) is 3.09. The molecule has 0 bridgehead atoms. The summed E-state index contributed by atoms with van der Waals surface area (Å²) in [6.45, 7) is 4.27. The standard InChI is InChI=1S/C23H30N2O3/c1-16-11-21(16)22-9-7-20(28-22)8-10-23(27)24-13-18-12-19(26)15-25(18)14-17-5-3-2-4-6-17/h2-7,9,16,18-19,21,26H,8,10-15H2,1H3,(H,24,27)/t16-,18-,19+,21+/m1/s1. The molecule has 1 amide bonds. The van der Waals surface area contributed by atoms with Crippen molar-refractivity contribution in [1.29, 1.82) is 0 Å². The maximum Gasteiger partial charge on any atom is 0.220 e. The molecule has 5 heteroatoms. The van der Waals surface area contributed by atoms with Gasteiger partial charge in [0.15, 0.2) is 0 Å². The van der Waals surface area contributed by atoms with E-state index in [1.807, 2.05) is 24.3 Å². The topological polar surface area (TPSA) is 65.7 Å². The summed E-state index contributed by atoms with van der Waals surface area (Å²) in [6.07, 6.45) is 2.65. The first-order valence-corrected chi connectivity index (χ1v) is 10.4. The van der Waals surface area contributed by atoms with Gasteiger partial charge in [0.1, 0.15) is 11.5 Å². The number of nitrogens with one attached hydrogen (secondary N) is 1. The molecule has 150 valence electrons. The van der Waals surface area contributed by atoms with Gasteiger partial charge in [-0.1, -0.05) is 37.3 Å². The van der Waals surface area contributed by atoms with Gasteiger partial charge in [0.05, 0.1) is 6.10 Å². The Labute approximate surface area is 166 Å². The van der Waals surface area contributed by atoms with E-state index in [0.29, 0.717) is 38.3 Å². The van der Waals surface area contributed by atoms with Gasteiger partial charge in [-0.25, -0.2) is 0 Å². The quantitative estimate of drug-likeness (QED) is 0.736. The second-order valence-electron chi connectivity index (χ2n) is 8.39. The molecule has 4 atom stereocenters. The summed E-state index contributed by atoms with van der Waals surface area (Å²) >= 11 is 0. The van der Waals surface area contributed by atoms with Crippen molar-refractivity contribution in [3.05, 3.63) is 59.5 Å². The van der Waals surface area contributed by atoms with Gasteiger partial charge in [0, 0.05) is 44.4 Å². The van der Waals surface area contributed by atoms with Crippen LogP contribution in [0.3, 0.4) is 0 Å². The molecule has 2 aromatic rings. The van der Waals surface area contributed by atoms with Crippen LogP contribution < -0.4 is 5.32 Å². The Bertz CT molecular complexity index is 788. The lowest BCUT2D eigenvalue weighted by Gasteiger charge is -2.24. The van der Waals surface area contributed by atoms with Gasteiger partial charge in [-0.15, -0.1) is 0 Å². The molecule has 1 aromatic heterocycles. The molecule has 0 radical (unpaired) electrons. The van der Waals surface area contributed by atoms with E-state index in [-0.39, 0.29) is 18.1 Å². The third kappa shape index (κ3) is 4.83. The van der Waals surface area contributed by atoms with Gasteiger partial charge in [-0.05, 0) is 36.5 Å². The number of aliphatic hydroxyl groups is 1. The number of rotatable bonds is 8. The van der Waals surface area contributed by atoms with Crippen molar-refractivity contribution in [3.63, 3.8) is 0 Å². The Hall–Kier alpha value is -2.11. The predicted molar refractivity (Wildman–Crippen MR) is 108 cm³/mol. The highest BCUT2D eigenvalue weighted by Crippen LogP contribution is 2.47. The van der Waals surface area contributed by atoms with E-state index < -0.39 is 0 Å². The van der Waals surface area contributed by atoms with E-state index in [1.54, 1.807) is 0 Å². The first-order chi connectivity index (χ1) is 13.6. The number of hydrogen-bond acceptors (Lipinski definition) is 4. The van der Waals surface area contributed by atoms with Crippen LogP contribution in [0.1, 0.15) is 49.2 Å². The number of β-amino-alcohol motifs (C(OH)–C–C–N with tert-alkyl or cyclic N) is 1. The molecule has 2 aliphatic rings. The van der Waals surface area contributed by atoms with E-state index in [4.69, 9.17) is 4.42 Å². The van der Waals surface area contributed by atoms with Gasteiger partial charge in [-0.2, -0.15) is 0 Å². The summed E-state index contributed by atoms with van der Waals surface area (Å²) in [6, 6.07) is 14.5. The first-order valence-electron chi connectivity index (χ1n) is 10.4.